The lowest BCUT2D eigenvalue weighted by molar-refractivity contribution is -0.256. The molecule has 4 heteroatoms. The van der Waals surface area contributed by atoms with Crippen molar-refractivity contribution in [3.63, 3.8) is 0 Å². The van der Waals surface area contributed by atoms with Gasteiger partial charge in [-0.2, -0.15) is 0 Å². The van der Waals surface area contributed by atoms with Crippen LogP contribution in [0, 0.1) is 0 Å². The number of epoxide rings is 2. The fourth-order valence-corrected chi connectivity index (χ4v) is 1.73. The van der Waals surface area contributed by atoms with Crippen LogP contribution in [0.1, 0.15) is 27.7 Å². The molecule has 0 aromatic heterocycles. The van der Waals surface area contributed by atoms with E-state index in [1.807, 2.05) is 27.7 Å². The van der Waals surface area contributed by atoms with E-state index in [0.29, 0.717) is 0 Å². The van der Waals surface area contributed by atoms with Crippen LogP contribution in [0.15, 0.2) is 0 Å². The summed E-state index contributed by atoms with van der Waals surface area (Å²) < 4.78 is 22.0. The van der Waals surface area contributed by atoms with Gasteiger partial charge in [-0.05, 0) is 27.7 Å². The van der Waals surface area contributed by atoms with Gasteiger partial charge < -0.3 is 18.9 Å². The predicted octanol–water partition coefficient (Wildman–Crippen LogP) is 1.33. The molecule has 4 unspecified atom stereocenters. The number of hydrogen-bond acceptors (Lipinski definition) is 4. The van der Waals surface area contributed by atoms with Crippen molar-refractivity contribution in [1.82, 2.24) is 0 Å². The third-order valence-corrected chi connectivity index (χ3v) is 2.70. The molecule has 88 valence electrons. The van der Waals surface area contributed by atoms with E-state index in [-0.39, 0.29) is 24.4 Å². The van der Waals surface area contributed by atoms with Crippen LogP contribution >= 0.6 is 0 Å². The SMILES string of the molecule is CC(OC(C)(C)OC(C)C1CO1)C1CO1. The Labute approximate surface area is 90.8 Å². The third-order valence-electron chi connectivity index (χ3n) is 2.70. The molecule has 0 amide bonds. The van der Waals surface area contributed by atoms with E-state index in [0.717, 1.165) is 13.2 Å². The molecule has 0 aliphatic carbocycles. The van der Waals surface area contributed by atoms with Crippen LogP contribution in [-0.4, -0.2) is 43.4 Å². The summed E-state index contributed by atoms with van der Waals surface area (Å²) in [7, 11) is 0. The summed E-state index contributed by atoms with van der Waals surface area (Å²) in [4.78, 5) is 0. The summed E-state index contributed by atoms with van der Waals surface area (Å²) in [6.07, 6.45) is 0.681. The molecule has 2 saturated heterocycles. The van der Waals surface area contributed by atoms with E-state index >= 15 is 0 Å². The Morgan fingerprint density at radius 3 is 1.60 bits per heavy atom. The van der Waals surface area contributed by atoms with Gasteiger partial charge in [0.15, 0.2) is 5.79 Å². The molecular weight excluding hydrogens is 196 g/mol. The van der Waals surface area contributed by atoms with Crippen molar-refractivity contribution < 1.29 is 18.9 Å². The van der Waals surface area contributed by atoms with Gasteiger partial charge in [-0.25, -0.2) is 0 Å². The molecule has 2 rings (SSSR count). The fourth-order valence-electron chi connectivity index (χ4n) is 1.73. The molecule has 0 bridgehead atoms. The Morgan fingerprint density at radius 2 is 1.33 bits per heavy atom. The van der Waals surface area contributed by atoms with Crippen molar-refractivity contribution in [3.8, 4) is 0 Å². The van der Waals surface area contributed by atoms with Crippen LogP contribution < -0.4 is 0 Å². The molecule has 4 atom stereocenters. The summed E-state index contributed by atoms with van der Waals surface area (Å²) >= 11 is 0. The molecule has 2 aliphatic rings. The normalized spacial score (nSPS) is 33.6. The van der Waals surface area contributed by atoms with Gasteiger partial charge in [0, 0.05) is 0 Å². The topological polar surface area (TPSA) is 43.5 Å². The highest BCUT2D eigenvalue weighted by molar-refractivity contribution is 4.80. The van der Waals surface area contributed by atoms with Crippen LogP contribution in [0.3, 0.4) is 0 Å². The van der Waals surface area contributed by atoms with Gasteiger partial charge in [-0.3, -0.25) is 0 Å². The average Bonchev–Trinajstić information content (AvgIpc) is 2.98. The van der Waals surface area contributed by atoms with Gasteiger partial charge in [-0.1, -0.05) is 0 Å². The van der Waals surface area contributed by atoms with E-state index in [4.69, 9.17) is 18.9 Å². The van der Waals surface area contributed by atoms with Crippen LogP contribution in [-0.2, 0) is 18.9 Å². The van der Waals surface area contributed by atoms with Crippen molar-refractivity contribution in [2.75, 3.05) is 13.2 Å². The van der Waals surface area contributed by atoms with Gasteiger partial charge in [-0.15, -0.1) is 0 Å². The zero-order valence-electron chi connectivity index (χ0n) is 9.86. The maximum absolute atomic E-state index is 5.81. The zero-order valence-corrected chi connectivity index (χ0v) is 9.86. The van der Waals surface area contributed by atoms with Crippen molar-refractivity contribution in [1.29, 1.82) is 0 Å². The lowest BCUT2D eigenvalue weighted by atomic mass is 10.2. The predicted molar refractivity (Wildman–Crippen MR) is 54.7 cm³/mol. The first kappa shape index (κ1) is 11.3. The van der Waals surface area contributed by atoms with Gasteiger partial charge in [0.2, 0.25) is 0 Å². The second-order valence-corrected chi connectivity index (χ2v) is 4.79. The minimum absolute atomic E-state index is 0.0901. The smallest absolute Gasteiger partial charge is 0.163 e. The number of ether oxygens (including phenoxy) is 4. The van der Waals surface area contributed by atoms with E-state index in [2.05, 4.69) is 0 Å². The molecular formula is C11H20O4. The standard InChI is InChI=1S/C11H20O4/c1-7(9-5-12-9)14-11(3,4)15-8(2)10-6-13-10/h7-10H,5-6H2,1-4H3. The highest BCUT2D eigenvalue weighted by atomic mass is 16.7. The second kappa shape index (κ2) is 4.01. The molecule has 0 spiro atoms. The number of hydrogen-bond donors (Lipinski definition) is 0. The molecule has 0 radical (unpaired) electrons. The van der Waals surface area contributed by atoms with E-state index in [9.17, 15) is 0 Å². The maximum Gasteiger partial charge on any atom is 0.163 e. The van der Waals surface area contributed by atoms with E-state index in [1.54, 1.807) is 0 Å². The molecule has 0 aromatic rings. The summed E-state index contributed by atoms with van der Waals surface area (Å²) in [6.45, 7) is 9.51. The van der Waals surface area contributed by atoms with Gasteiger partial charge >= 0.3 is 0 Å². The van der Waals surface area contributed by atoms with Gasteiger partial charge in [0.25, 0.3) is 0 Å². The quantitative estimate of drug-likeness (QED) is 0.496. The van der Waals surface area contributed by atoms with Gasteiger partial charge in [0.05, 0.1) is 25.4 Å². The summed E-state index contributed by atoms with van der Waals surface area (Å²) in [5.74, 6) is -0.573. The molecule has 2 heterocycles. The highest BCUT2D eigenvalue weighted by Gasteiger charge is 2.38. The molecule has 4 nitrogen and oxygen atoms in total. The van der Waals surface area contributed by atoms with E-state index in [1.165, 1.54) is 0 Å². The lowest BCUT2D eigenvalue weighted by Crippen LogP contribution is -2.38. The second-order valence-electron chi connectivity index (χ2n) is 4.79. The Morgan fingerprint density at radius 1 is 1.00 bits per heavy atom. The molecule has 2 aliphatic heterocycles. The summed E-state index contributed by atoms with van der Waals surface area (Å²) in [5, 5.41) is 0. The molecule has 2 fully saturated rings. The Bertz CT molecular complexity index is 199. The van der Waals surface area contributed by atoms with Crippen LogP contribution in [0.5, 0.6) is 0 Å². The Balaban J connectivity index is 1.76. The van der Waals surface area contributed by atoms with Crippen molar-refractivity contribution in [2.45, 2.75) is 57.9 Å². The molecule has 0 N–H and O–H groups in total. The molecule has 0 aromatic carbocycles. The monoisotopic (exact) mass is 216 g/mol. The Kier molecular flexibility index (Phi) is 3.03. The van der Waals surface area contributed by atoms with Crippen molar-refractivity contribution in [3.05, 3.63) is 0 Å². The maximum atomic E-state index is 5.81. The summed E-state index contributed by atoms with van der Waals surface area (Å²) in [5.41, 5.74) is 0. The number of rotatable bonds is 6. The first-order chi connectivity index (χ1) is 6.98. The minimum Gasteiger partial charge on any atom is -0.370 e. The molecule has 15 heavy (non-hydrogen) atoms. The van der Waals surface area contributed by atoms with Crippen LogP contribution in [0.25, 0.3) is 0 Å². The minimum atomic E-state index is -0.573. The van der Waals surface area contributed by atoms with Crippen LogP contribution in [0.2, 0.25) is 0 Å². The first-order valence-electron chi connectivity index (χ1n) is 5.57. The molecule has 0 saturated carbocycles. The average molecular weight is 216 g/mol. The van der Waals surface area contributed by atoms with Crippen molar-refractivity contribution in [2.24, 2.45) is 0 Å². The third kappa shape index (κ3) is 3.41. The van der Waals surface area contributed by atoms with E-state index < -0.39 is 5.79 Å². The Hall–Kier alpha value is -0.160. The first-order valence-corrected chi connectivity index (χ1v) is 5.57. The zero-order chi connectivity index (χ0) is 11.1. The highest BCUT2D eigenvalue weighted by Crippen LogP contribution is 2.26. The largest absolute Gasteiger partial charge is 0.370 e. The lowest BCUT2D eigenvalue weighted by Gasteiger charge is -2.31. The van der Waals surface area contributed by atoms with Crippen LogP contribution in [0.4, 0.5) is 0 Å². The van der Waals surface area contributed by atoms with Crippen molar-refractivity contribution >= 4 is 0 Å². The summed E-state index contributed by atoms with van der Waals surface area (Å²) in [6, 6.07) is 0. The van der Waals surface area contributed by atoms with Gasteiger partial charge in [0.1, 0.15) is 12.2 Å². The fraction of sp³-hybridized carbons (Fsp3) is 1.00.